The molecule has 1 aromatic heterocycles. The quantitative estimate of drug-likeness (QED) is 0.767. The predicted octanol–water partition coefficient (Wildman–Crippen LogP) is 2.02. The van der Waals surface area contributed by atoms with Gasteiger partial charge in [0.2, 0.25) is 0 Å². The second kappa shape index (κ2) is 7.35. The number of ether oxygens (including phenoxy) is 2. The normalized spacial score (nSPS) is 11.0. The van der Waals surface area contributed by atoms with Gasteiger partial charge in [-0.3, -0.25) is 4.79 Å². The summed E-state index contributed by atoms with van der Waals surface area (Å²) in [5.41, 5.74) is 6.23. The second-order valence-corrected chi connectivity index (χ2v) is 5.40. The summed E-state index contributed by atoms with van der Waals surface area (Å²) in [5.74, 6) is -0.644. The molecule has 0 atom stereocenters. The molecule has 0 unspecified atom stereocenters. The number of nitrogens with two attached hydrogens (primary N) is 1. The van der Waals surface area contributed by atoms with E-state index in [4.69, 9.17) is 15.2 Å². The molecule has 2 aromatic rings. The standard InChI is InChI=1S/C14H17FN2O3S/c1-19-6-7-20-5-4-17-14(18)13-12(16)10-8-9(15)2-3-11(10)21-13/h2-3,8H,4-7,16H2,1H3,(H,17,18). The summed E-state index contributed by atoms with van der Waals surface area (Å²) in [6, 6.07) is 4.31. The number of halogens is 1. The van der Waals surface area contributed by atoms with E-state index in [1.807, 2.05) is 0 Å². The van der Waals surface area contributed by atoms with Crippen molar-refractivity contribution in [2.75, 3.05) is 39.2 Å². The van der Waals surface area contributed by atoms with Crippen LogP contribution >= 0.6 is 11.3 Å². The van der Waals surface area contributed by atoms with Crippen molar-refractivity contribution in [3.63, 3.8) is 0 Å². The van der Waals surface area contributed by atoms with E-state index < -0.39 is 0 Å². The van der Waals surface area contributed by atoms with Crippen LogP contribution < -0.4 is 11.1 Å². The number of nitrogen functional groups attached to an aromatic ring is 1. The lowest BCUT2D eigenvalue weighted by atomic mass is 10.2. The van der Waals surface area contributed by atoms with E-state index in [2.05, 4.69) is 5.32 Å². The molecule has 1 aromatic carbocycles. The molecular formula is C14H17FN2O3S. The third kappa shape index (κ3) is 3.90. The van der Waals surface area contributed by atoms with Crippen molar-refractivity contribution in [2.24, 2.45) is 0 Å². The van der Waals surface area contributed by atoms with Gasteiger partial charge >= 0.3 is 0 Å². The third-order valence-electron chi connectivity index (χ3n) is 2.86. The molecule has 3 N–H and O–H groups in total. The Balaban J connectivity index is 1.95. The van der Waals surface area contributed by atoms with Crippen LogP contribution in [0.1, 0.15) is 9.67 Å². The maximum absolute atomic E-state index is 13.2. The molecule has 0 radical (unpaired) electrons. The number of benzene rings is 1. The van der Waals surface area contributed by atoms with Crippen LogP contribution in [0.3, 0.4) is 0 Å². The molecule has 1 amide bonds. The van der Waals surface area contributed by atoms with Gasteiger partial charge in [0.1, 0.15) is 10.7 Å². The predicted molar refractivity (Wildman–Crippen MR) is 81.2 cm³/mol. The molecule has 0 aliphatic rings. The molecule has 114 valence electrons. The summed E-state index contributed by atoms with van der Waals surface area (Å²) < 4.78 is 24.1. The van der Waals surface area contributed by atoms with Crippen molar-refractivity contribution in [1.82, 2.24) is 5.32 Å². The van der Waals surface area contributed by atoms with Crippen LogP contribution in [0.5, 0.6) is 0 Å². The molecule has 21 heavy (non-hydrogen) atoms. The third-order valence-corrected chi connectivity index (χ3v) is 4.04. The van der Waals surface area contributed by atoms with Gasteiger partial charge in [-0.2, -0.15) is 0 Å². The van der Waals surface area contributed by atoms with Crippen molar-refractivity contribution in [1.29, 1.82) is 0 Å². The van der Waals surface area contributed by atoms with Crippen molar-refractivity contribution in [2.45, 2.75) is 0 Å². The van der Waals surface area contributed by atoms with E-state index >= 15 is 0 Å². The summed E-state index contributed by atoms with van der Waals surface area (Å²) >= 11 is 1.25. The van der Waals surface area contributed by atoms with Crippen molar-refractivity contribution < 1.29 is 18.7 Å². The number of carbonyl (C=O) groups is 1. The van der Waals surface area contributed by atoms with E-state index in [0.717, 1.165) is 4.70 Å². The maximum atomic E-state index is 13.2. The van der Waals surface area contributed by atoms with Crippen LogP contribution in [0.25, 0.3) is 10.1 Å². The molecule has 0 spiro atoms. The van der Waals surface area contributed by atoms with Gasteiger partial charge in [0.25, 0.3) is 5.91 Å². The Morgan fingerprint density at radius 2 is 2.19 bits per heavy atom. The highest BCUT2D eigenvalue weighted by molar-refractivity contribution is 7.21. The lowest BCUT2D eigenvalue weighted by Crippen LogP contribution is -2.27. The Labute approximate surface area is 125 Å². The van der Waals surface area contributed by atoms with Crippen molar-refractivity contribution >= 4 is 33.0 Å². The molecular weight excluding hydrogens is 295 g/mol. The average molecular weight is 312 g/mol. The maximum Gasteiger partial charge on any atom is 0.263 e. The fourth-order valence-electron chi connectivity index (χ4n) is 1.82. The molecule has 5 nitrogen and oxygen atoms in total. The molecule has 0 bridgehead atoms. The van der Waals surface area contributed by atoms with Crippen molar-refractivity contribution in [3.05, 3.63) is 28.9 Å². The SMILES string of the molecule is COCCOCCNC(=O)c1sc2ccc(F)cc2c1N. The van der Waals surface area contributed by atoms with Crippen LogP contribution in [-0.4, -0.2) is 39.4 Å². The summed E-state index contributed by atoms with van der Waals surface area (Å²) in [6.07, 6.45) is 0. The Morgan fingerprint density at radius 1 is 1.38 bits per heavy atom. The second-order valence-electron chi connectivity index (χ2n) is 4.35. The first kappa shape index (κ1) is 15.7. The van der Waals surface area contributed by atoms with Crippen LogP contribution in [0.15, 0.2) is 18.2 Å². The van der Waals surface area contributed by atoms with Crippen LogP contribution in [-0.2, 0) is 9.47 Å². The topological polar surface area (TPSA) is 73.6 Å². The molecule has 7 heteroatoms. The first-order valence-corrected chi connectivity index (χ1v) is 7.27. The number of amides is 1. The molecule has 0 aliphatic carbocycles. The Morgan fingerprint density at radius 3 is 2.95 bits per heavy atom. The zero-order chi connectivity index (χ0) is 15.2. The molecule has 0 aliphatic heterocycles. The lowest BCUT2D eigenvalue weighted by Gasteiger charge is -2.05. The first-order chi connectivity index (χ1) is 10.1. The number of fused-ring (bicyclic) bond motifs is 1. The Kier molecular flexibility index (Phi) is 5.49. The molecule has 0 saturated heterocycles. The zero-order valence-corrected chi connectivity index (χ0v) is 12.5. The van der Waals surface area contributed by atoms with Gasteiger partial charge in [-0.05, 0) is 18.2 Å². The monoisotopic (exact) mass is 312 g/mol. The highest BCUT2D eigenvalue weighted by Gasteiger charge is 2.16. The fraction of sp³-hybridized carbons (Fsp3) is 0.357. The number of hydrogen-bond acceptors (Lipinski definition) is 5. The van der Waals surface area contributed by atoms with E-state index in [-0.39, 0.29) is 11.7 Å². The van der Waals surface area contributed by atoms with Crippen LogP contribution in [0.2, 0.25) is 0 Å². The van der Waals surface area contributed by atoms with Crippen LogP contribution in [0.4, 0.5) is 10.1 Å². The van der Waals surface area contributed by atoms with Gasteiger partial charge in [0, 0.05) is 23.7 Å². The van der Waals surface area contributed by atoms with E-state index in [1.54, 1.807) is 13.2 Å². The van der Waals surface area contributed by atoms with E-state index in [9.17, 15) is 9.18 Å². The smallest absolute Gasteiger partial charge is 0.263 e. The van der Waals surface area contributed by atoms with E-state index in [0.29, 0.717) is 42.3 Å². The number of carbonyl (C=O) groups excluding carboxylic acids is 1. The summed E-state index contributed by atoms with van der Waals surface area (Å²) in [7, 11) is 1.60. The Bertz CT molecular complexity index is 630. The number of methoxy groups -OCH3 is 1. The Hall–Kier alpha value is -1.70. The highest BCUT2D eigenvalue weighted by Crippen LogP contribution is 2.33. The molecule has 0 fully saturated rings. The van der Waals surface area contributed by atoms with Crippen molar-refractivity contribution in [3.8, 4) is 0 Å². The largest absolute Gasteiger partial charge is 0.397 e. The minimum Gasteiger partial charge on any atom is -0.397 e. The van der Waals surface area contributed by atoms with Crippen LogP contribution in [0, 0.1) is 5.82 Å². The number of hydrogen-bond donors (Lipinski definition) is 2. The van der Waals surface area contributed by atoms with E-state index in [1.165, 1.54) is 23.5 Å². The molecule has 2 rings (SSSR count). The number of thiophene rings is 1. The minimum atomic E-state index is -0.370. The van der Waals surface area contributed by atoms with Gasteiger partial charge in [-0.1, -0.05) is 0 Å². The number of anilines is 1. The summed E-state index contributed by atoms with van der Waals surface area (Å²) in [6.45, 7) is 1.78. The van der Waals surface area contributed by atoms with Gasteiger partial charge in [0.15, 0.2) is 0 Å². The van der Waals surface area contributed by atoms with Gasteiger partial charge in [-0.15, -0.1) is 11.3 Å². The van der Waals surface area contributed by atoms with Gasteiger partial charge in [0.05, 0.1) is 25.5 Å². The summed E-state index contributed by atoms with van der Waals surface area (Å²) in [5, 5.41) is 3.30. The molecule has 0 saturated carbocycles. The minimum absolute atomic E-state index is 0.274. The fourth-order valence-corrected chi connectivity index (χ4v) is 2.84. The molecule has 1 heterocycles. The lowest BCUT2D eigenvalue weighted by molar-refractivity contribution is 0.0693. The van der Waals surface area contributed by atoms with Gasteiger partial charge in [-0.25, -0.2) is 4.39 Å². The summed E-state index contributed by atoms with van der Waals surface area (Å²) in [4.78, 5) is 12.5. The number of rotatable bonds is 7. The average Bonchev–Trinajstić information content (AvgIpc) is 2.79. The first-order valence-electron chi connectivity index (χ1n) is 6.46. The number of nitrogens with one attached hydrogen (secondary N) is 1. The zero-order valence-electron chi connectivity index (χ0n) is 11.6. The van der Waals surface area contributed by atoms with Gasteiger partial charge < -0.3 is 20.5 Å². The highest BCUT2D eigenvalue weighted by atomic mass is 32.1.